The van der Waals surface area contributed by atoms with E-state index in [1.807, 2.05) is 37.3 Å². The summed E-state index contributed by atoms with van der Waals surface area (Å²) in [6.45, 7) is 3.62. The van der Waals surface area contributed by atoms with Crippen molar-refractivity contribution in [2.75, 3.05) is 19.6 Å². The minimum atomic E-state index is -0.0444. The molecule has 100 valence electrons. The maximum Gasteiger partial charge on any atom is 0.246 e. The van der Waals surface area contributed by atoms with Crippen LogP contribution in [0.2, 0.25) is 0 Å². The predicted molar refractivity (Wildman–Crippen MR) is 74.4 cm³/mol. The van der Waals surface area contributed by atoms with Crippen LogP contribution in [0.25, 0.3) is 6.08 Å². The van der Waals surface area contributed by atoms with Gasteiger partial charge in [0.1, 0.15) is 0 Å². The lowest BCUT2D eigenvalue weighted by Gasteiger charge is -2.17. The number of nitrogens with zero attached hydrogens (tertiary/aromatic N) is 1. The van der Waals surface area contributed by atoms with Gasteiger partial charge in [0.05, 0.1) is 0 Å². The van der Waals surface area contributed by atoms with E-state index in [-0.39, 0.29) is 11.8 Å². The first kappa shape index (κ1) is 13.3. The molecule has 2 amide bonds. The van der Waals surface area contributed by atoms with Crippen LogP contribution in [0.3, 0.4) is 0 Å². The first-order valence-corrected chi connectivity index (χ1v) is 6.45. The lowest BCUT2D eigenvalue weighted by atomic mass is 10.1. The van der Waals surface area contributed by atoms with Crippen molar-refractivity contribution < 1.29 is 9.59 Å². The number of amides is 2. The zero-order chi connectivity index (χ0) is 13.7. The van der Waals surface area contributed by atoms with Gasteiger partial charge in [-0.15, -0.1) is 0 Å². The summed E-state index contributed by atoms with van der Waals surface area (Å²) in [4.78, 5) is 24.9. The molecule has 1 aliphatic rings. The van der Waals surface area contributed by atoms with E-state index in [9.17, 15) is 9.59 Å². The van der Waals surface area contributed by atoms with Gasteiger partial charge in [-0.2, -0.15) is 0 Å². The number of rotatable bonds is 2. The highest BCUT2D eigenvalue weighted by molar-refractivity contribution is 5.92. The van der Waals surface area contributed by atoms with E-state index in [1.165, 1.54) is 5.56 Å². The molecule has 19 heavy (non-hydrogen) atoms. The quantitative estimate of drug-likeness (QED) is 0.814. The van der Waals surface area contributed by atoms with Crippen molar-refractivity contribution in [3.8, 4) is 0 Å². The second-order valence-electron chi connectivity index (χ2n) is 4.67. The fourth-order valence-corrected chi connectivity index (χ4v) is 1.94. The molecule has 4 heteroatoms. The number of benzene rings is 1. The van der Waals surface area contributed by atoms with Crippen LogP contribution in [0.15, 0.2) is 30.3 Å². The Bertz CT molecular complexity index is 491. The van der Waals surface area contributed by atoms with E-state index in [0.29, 0.717) is 26.1 Å². The number of hydrogen-bond donors (Lipinski definition) is 1. The monoisotopic (exact) mass is 258 g/mol. The van der Waals surface area contributed by atoms with Gasteiger partial charge in [-0.25, -0.2) is 0 Å². The normalized spacial score (nSPS) is 16.3. The Hall–Kier alpha value is -2.10. The summed E-state index contributed by atoms with van der Waals surface area (Å²) in [5, 5.41) is 2.75. The molecule has 0 atom stereocenters. The average molecular weight is 258 g/mol. The highest BCUT2D eigenvalue weighted by Gasteiger charge is 2.16. The summed E-state index contributed by atoms with van der Waals surface area (Å²) in [7, 11) is 0. The van der Waals surface area contributed by atoms with Gasteiger partial charge in [0, 0.05) is 32.1 Å². The van der Waals surface area contributed by atoms with E-state index >= 15 is 0 Å². The van der Waals surface area contributed by atoms with Crippen molar-refractivity contribution in [3.05, 3.63) is 41.5 Å². The van der Waals surface area contributed by atoms with Gasteiger partial charge in [-0.05, 0) is 18.6 Å². The van der Waals surface area contributed by atoms with Crippen LogP contribution < -0.4 is 5.32 Å². The molecule has 0 aromatic heterocycles. The summed E-state index contributed by atoms with van der Waals surface area (Å²) >= 11 is 0. The van der Waals surface area contributed by atoms with Crippen molar-refractivity contribution in [3.63, 3.8) is 0 Å². The fourth-order valence-electron chi connectivity index (χ4n) is 1.94. The number of nitrogens with one attached hydrogen (secondary N) is 1. The summed E-state index contributed by atoms with van der Waals surface area (Å²) in [5.41, 5.74) is 2.20. The van der Waals surface area contributed by atoms with Crippen LogP contribution in [0.5, 0.6) is 0 Å². The van der Waals surface area contributed by atoms with Crippen LogP contribution >= 0.6 is 0 Å². The van der Waals surface area contributed by atoms with Gasteiger partial charge >= 0.3 is 0 Å². The SMILES string of the molecule is Cc1ccc(C=CC(=O)N2CCNC(=O)CC2)cc1. The second kappa shape index (κ2) is 6.18. The summed E-state index contributed by atoms with van der Waals surface area (Å²) in [6.07, 6.45) is 3.76. The molecule has 4 nitrogen and oxygen atoms in total. The molecule has 0 saturated carbocycles. The third-order valence-corrected chi connectivity index (χ3v) is 3.12. The molecule has 1 aliphatic heterocycles. The van der Waals surface area contributed by atoms with Crippen LogP contribution in [-0.4, -0.2) is 36.3 Å². The average Bonchev–Trinajstić information content (AvgIpc) is 2.63. The first-order chi connectivity index (χ1) is 9.15. The zero-order valence-corrected chi connectivity index (χ0v) is 11.1. The molecule has 1 heterocycles. The van der Waals surface area contributed by atoms with Gasteiger partial charge < -0.3 is 10.2 Å². The number of hydrogen-bond acceptors (Lipinski definition) is 2. The topological polar surface area (TPSA) is 49.4 Å². The molecular weight excluding hydrogens is 240 g/mol. The molecule has 0 aliphatic carbocycles. The molecule has 0 bridgehead atoms. The summed E-state index contributed by atoms with van der Waals surface area (Å²) < 4.78 is 0. The second-order valence-corrected chi connectivity index (χ2v) is 4.67. The molecule has 0 spiro atoms. The van der Waals surface area contributed by atoms with Crippen molar-refractivity contribution in [2.24, 2.45) is 0 Å². The van der Waals surface area contributed by atoms with E-state index in [2.05, 4.69) is 5.32 Å². The van der Waals surface area contributed by atoms with Crippen LogP contribution in [-0.2, 0) is 9.59 Å². The zero-order valence-electron chi connectivity index (χ0n) is 11.1. The van der Waals surface area contributed by atoms with E-state index in [0.717, 1.165) is 5.56 Å². The number of carbonyl (C=O) groups excluding carboxylic acids is 2. The highest BCUT2D eigenvalue weighted by Crippen LogP contribution is 2.06. The molecule has 1 aromatic rings. The maximum absolute atomic E-state index is 12.0. The van der Waals surface area contributed by atoms with E-state index in [1.54, 1.807) is 11.0 Å². The first-order valence-electron chi connectivity index (χ1n) is 6.45. The van der Waals surface area contributed by atoms with Crippen LogP contribution in [0.4, 0.5) is 0 Å². The Labute approximate surface area is 113 Å². The van der Waals surface area contributed by atoms with Crippen molar-refractivity contribution in [2.45, 2.75) is 13.3 Å². The standard InChI is InChI=1S/C15H18N2O2/c1-12-2-4-13(5-3-12)6-7-15(19)17-10-8-14(18)16-9-11-17/h2-7H,8-11H2,1H3,(H,16,18). The molecule has 2 rings (SSSR count). The van der Waals surface area contributed by atoms with Gasteiger partial charge in [-0.3, -0.25) is 9.59 Å². The Morgan fingerprint density at radius 3 is 2.74 bits per heavy atom. The number of aryl methyl sites for hydroxylation is 1. The van der Waals surface area contributed by atoms with Crippen molar-refractivity contribution >= 4 is 17.9 Å². The molecule has 0 unspecified atom stereocenters. The molecule has 1 fully saturated rings. The van der Waals surface area contributed by atoms with Gasteiger partial charge in [-0.1, -0.05) is 29.8 Å². The van der Waals surface area contributed by atoms with Gasteiger partial charge in [0.15, 0.2) is 0 Å². The minimum Gasteiger partial charge on any atom is -0.354 e. The largest absolute Gasteiger partial charge is 0.354 e. The molecule has 0 radical (unpaired) electrons. The van der Waals surface area contributed by atoms with E-state index < -0.39 is 0 Å². The van der Waals surface area contributed by atoms with Crippen molar-refractivity contribution in [1.82, 2.24) is 10.2 Å². The molecule has 1 saturated heterocycles. The summed E-state index contributed by atoms with van der Waals surface area (Å²) in [5.74, 6) is -0.0325. The van der Waals surface area contributed by atoms with E-state index in [4.69, 9.17) is 0 Å². The minimum absolute atomic E-state index is 0.0119. The van der Waals surface area contributed by atoms with Crippen LogP contribution in [0, 0.1) is 6.92 Å². The lowest BCUT2D eigenvalue weighted by molar-refractivity contribution is -0.125. The maximum atomic E-state index is 12.0. The fraction of sp³-hybridized carbons (Fsp3) is 0.333. The molecule has 1 aromatic carbocycles. The molecular formula is C15H18N2O2. The van der Waals surface area contributed by atoms with Crippen LogP contribution in [0.1, 0.15) is 17.5 Å². The third-order valence-electron chi connectivity index (χ3n) is 3.12. The Morgan fingerprint density at radius 2 is 2.00 bits per heavy atom. The third kappa shape index (κ3) is 3.95. The summed E-state index contributed by atoms with van der Waals surface area (Å²) in [6, 6.07) is 7.98. The Kier molecular flexibility index (Phi) is 4.34. The number of carbonyl (C=O) groups is 2. The Morgan fingerprint density at radius 1 is 1.26 bits per heavy atom. The highest BCUT2D eigenvalue weighted by atomic mass is 16.2. The van der Waals surface area contributed by atoms with Gasteiger partial charge in [0.2, 0.25) is 11.8 Å². The predicted octanol–water partition coefficient (Wildman–Crippen LogP) is 1.36. The molecule has 1 N–H and O–H groups in total. The van der Waals surface area contributed by atoms with Crippen molar-refractivity contribution in [1.29, 1.82) is 0 Å². The van der Waals surface area contributed by atoms with Gasteiger partial charge in [0.25, 0.3) is 0 Å². The lowest BCUT2D eigenvalue weighted by Crippen LogP contribution is -2.32. The smallest absolute Gasteiger partial charge is 0.246 e. The Balaban J connectivity index is 1.96.